The van der Waals surface area contributed by atoms with Crippen molar-refractivity contribution in [3.8, 4) is 0 Å². The molecule has 0 aromatic heterocycles. The smallest absolute Gasteiger partial charge is 0.274 e. The zero-order valence-electron chi connectivity index (χ0n) is 11.8. The Labute approximate surface area is 126 Å². The molecule has 0 aliphatic carbocycles. The third-order valence-corrected chi connectivity index (χ3v) is 3.79. The molecule has 0 saturated heterocycles. The van der Waals surface area contributed by atoms with Crippen molar-refractivity contribution in [3.63, 3.8) is 0 Å². The predicted octanol–water partition coefficient (Wildman–Crippen LogP) is 2.78. The predicted molar refractivity (Wildman–Crippen MR) is 83.3 cm³/mol. The van der Waals surface area contributed by atoms with Crippen molar-refractivity contribution < 1.29 is 4.92 Å². The fourth-order valence-electron chi connectivity index (χ4n) is 2.74. The Morgan fingerprint density at radius 1 is 1.18 bits per heavy atom. The molecule has 0 radical (unpaired) electrons. The zero-order chi connectivity index (χ0) is 15.3. The number of nitro benzene ring substituents is 1. The maximum absolute atomic E-state index is 11.2. The van der Waals surface area contributed by atoms with Crippen LogP contribution in [-0.2, 0) is 0 Å². The van der Waals surface area contributed by atoms with Crippen LogP contribution in [0.3, 0.4) is 0 Å². The van der Waals surface area contributed by atoms with Crippen LogP contribution in [0.25, 0.3) is 5.70 Å². The summed E-state index contributed by atoms with van der Waals surface area (Å²) in [4.78, 5) is 10.8. The number of nitrogens with one attached hydrogen (secondary N) is 2. The minimum absolute atomic E-state index is 0.113. The number of benzene rings is 2. The van der Waals surface area contributed by atoms with Crippen molar-refractivity contribution in [2.24, 2.45) is 0 Å². The van der Waals surface area contributed by atoms with Gasteiger partial charge in [0.05, 0.1) is 22.0 Å². The van der Waals surface area contributed by atoms with Gasteiger partial charge in [-0.15, -0.1) is 0 Å². The van der Waals surface area contributed by atoms with Crippen LogP contribution in [0.4, 0.5) is 17.1 Å². The molecule has 0 bridgehead atoms. The standard InChI is InChI=1S/C15H13N5O2/c1-10-7-12-14(8-13(10)19(21)22)18-15(9-16-20(18)17-12)11-5-3-2-4-6-11/h2-9,16-17H,1H3. The Kier molecular flexibility index (Phi) is 2.57. The molecule has 2 aliphatic heterocycles. The van der Waals surface area contributed by atoms with Crippen molar-refractivity contribution >= 4 is 22.8 Å². The second kappa shape index (κ2) is 4.47. The van der Waals surface area contributed by atoms with E-state index in [0.29, 0.717) is 5.56 Å². The normalized spacial score (nSPS) is 15.7. The van der Waals surface area contributed by atoms with Gasteiger partial charge < -0.3 is 0 Å². The fourth-order valence-corrected chi connectivity index (χ4v) is 2.74. The quantitative estimate of drug-likeness (QED) is 0.655. The molecule has 0 saturated carbocycles. The van der Waals surface area contributed by atoms with Crippen LogP contribution in [0.2, 0.25) is 0 Å². The molecule has 0 unspecified atom stereocenters. The average Bonchev–Trinajstić information content (AvgIpc) is 3.05. The molecule has 22 heavy (non-hydrogen) atoms. The largest absolute Gasteiger partial charge is 0.288 e. The number of anilines is 2. The van der Waals surface area contributed by atoms with Gasteiger partial charge in [-0.2, -0.15) is 0 Å². The zero-order valence-corrected chi connectivity index (χ0v) is 11.8. The number of nitro groups is 1. The number of nitrogens with zero attached hydrogens (tertiary/aromatic N) is 3. The van der Waals surface area contributed by atoms with Crippen molar-refractivity contribution in [2.75, 3.05) is 10.4 Å². The lowest BCUT2D eigenvalue weighted by Crippen LogP contribution is -2.41. The van der Waals surface area contributed by atoms with Gasteiger partial charge in [0.2, 0.25) is 0 Å². The van der Waals surface area contributed by atoms with Crippen molar-refractivity contribution in [1.29, 1.82) is 0 Å². The summed E-state index contributed by atoms with van der Waals surface area (Å²) in [5.41, 5.74) is 10.5. The Balaban J connectivity index is 1.82. The van der Waals surface area contributed by atoms with E-state index in [9.17, 15) is 10.1 Å². The Morgan fingerprint density at radius 3 is 2.68 bits per heavy atom. The van der Waals surface area contributed by atoms with Crippen LogP contribution in [0.1, 0.15) is 11.1 Å². The van der Waals surface area contributed by atoms with Gasteiger partial charge >= 0.3 is 0 Å². The first kappa shape index (κ1) is 12.7. The number of fused-ring (bicyclic) bond motifs is 3. The molecule has 110 valence electrons. The topological polar surface area (TPSA) is 73.7 Å². The first-order valence-electron chi connectivity index (χ1n) is 6.83. The highest BCUT2D eigenvalue weighted by Gasteiger charge is 2.36. The minimum Gasteiger partial charge on any atom is -0.288 e. The van der Waals surface area contributed by atoms with Crippen molar-refractivity contribution in [2.45, 2.75) is 6.92 Å². The molecule has 0 amide bonds. The SMILES string of the molecule is Cc1cc2c(cc1[N+](=O)[O-])N1C(c3ccccc3)=CNN1N2. The van der Waals surface area contributed by atoms with Crippen LogP contribution in [0.5, 0.6) is 0 Å². The molecule has 2 N–H and O–H groups in total. The number of hydrogen-bond acceptors (Lipinski definition) is 6. The first-order chi connectivity index (χ1) is 10.6. The van der Waals surface area contributed by atoms with Crippen molar-refractivity contribution in [1.82, 2.24) is 10.7 Å². The summed E-state index contributed by atoms with van der Waals surface area (Å²) >= 11 is 0. The van der Waals surface area contributed by atoms with Crippen LogP contribution >= 0.6 is 0 Å². The summed E-state index contributed by atoms with van der Waals surface area (Å²) in [5, 5.41) is 14.8. The second-order valence-corrected chi connectivity index (χ2v) is 5.17. The van der Waals surface area contributed by atoms with E-state index in [1.165, 1.54) is 0 Å². The summed E-state index contributed by atoms with van der Waals surface area (Å²) in [6.45, 7) is 1.74. The van der Waals surface area contributed by atoms with E-state index in [2.05, 4.69) is 10.9 Å². The van der Waals surface area contributed by atoms with E-state index in [4.69, 9.17) is 0 Å². The van der Waals surface area contributed by atoms with E-state index >= 15 is 0 Å². The van der Waals surface area contributed by atoms with Crippen LogP contribution < -0.4 is 15.9 Å². The molecule has 4 rings (SSSR count). The number of rotatable bonds is 2. The van der Waals surface area contributed by atoms with Gasteiger partial charge in [0.25, 0.3) is 5.69 Å². The second-order valence-electron chi connectivity index (χ2n) is 5.17. The Morgan fingerprint density at radius 2 is 1.95 bits per heavy atom. The number of hydrazine groups is 3. The maximum atomic E-state index is 11.2. The lowest BCUT2D eigenvalue weighted by atomic mass is 10.1. The monoisotopic (exact) mass is 295 g/mol. The third-order valence-electron chi connectivity index (χ3n) is 3.79. The molecule has 2 heterocycles. The average molecular weight is 295 g/mol. The fraction of sp³-hybridized carbons (Fsp3) is 0.0667. The highest BCUT2D eigenvalue weighted by atomic mass is 16.6. The van der Waals surface area contributed by atoms with E-state index in [-0.39, 0.29) is 10.6 Å². The summed E-state index contributed by atoms with van der Waals surface area (Å²) in [6.07, 6.45) is 1.86. The third kappa shape index (κ3) is 1.73. The molecule has 2 aromatic rings. The van der Waals surface area contributed by atoms with E-state index in [0.717, 1.165) is 22.6 Å². The lowest BCUT2D eigenvalue weighted by molar-refractivity contribution is -0.385. The van der Waals surface area contributed by atoms with Gasteiger partial charge in [-0.25, -0.2) is 5.01 Å². The summed E-state index contributed by atoms with van der Waals surface area (Å²) in [7, 11) is 0. The molecular weight excluding hydrogens is 282 g/mol. The molecule has 0 spiro atoms. The molecule has 0 fully saturated rings. The van der Waals surface area contributed by atoms with Gasteiger partial charge in [0.1, 0.15) is 0 Å². The Bertz CT molecular complexity index is 803. The summed E-state index contributed by atoms with van der Waals surface area (Å²) in [5.74, 6) is 0. The van der Waals surface area contributed by atoms with Crippen molar-refractivity contribution in [3.05, 3.63) is 69.9 Å². The van der Waals surface area contributed by atoms with E-state index in [1.807, 2.05) is 41.5 Å². The summed E-state index contributed by atoms with van der Waals surface area (Å²) in [6, 6.07) is 13.3. The molecule has 2 aliphatic rings. The van der Waals surface area contributed by atoms with Gasteiger partial charge in [-0.1, -0.05) is 30.3 Å². The number of aryl methyl sites for hydroxylation is 1. The molecule has 7 nitrogen and oxygen atoms in total. The van der Waals surface area contributed by atoms with Gasteiger partial charge in [0.15, 0.2) is 0 Å². The highest BCUT2D eigenvalue weighted by molar-refractivity contribution is 5.89. The molecule has 2 aromatic carbocycles. The lowest BCUT2D eigenvalue weighted by Gasteiger charge is -2.22. The molecular formula is C15H13N5O2. The van der Waals surface area contributed by atoms with Gasteiger partial charge in [-0.05, 0) is 18.2 Å². The minimum atomic E-state index is -0.353. The molecule has 7 heteroatoms. The van der Waals surface area contributed by atoms with Gasteiger partial charge in [0, 0.05) is 23.4 Å². The van der Waals surface area contributed by atoms with E-state index in [1.54, 1.807) is 24.3 Å². The van der Waals surface area contributed by atoms with E-state index < -0.39 is 0 Å². The number of hydrogen-bond donors (Lipinski definition) is 2. The Hall–Kier alpha value is -3.06. The molecule has 0 atom stereocenters. The van der Waals surface area contributed by atoms with Crippen LogP contribution in [-0.4, -0.2) is 10.2 Å². The highest BCUT2D eigenvalue weighted by Crippen LogP contribution is 2.43. The maximum Gasteiger partial charge on any atom is 0.274 e. The first-order valence-corrected chi connectivity index (χ1v) is 6.83. The summed E-state index contributed by atoms with van der Waals surface area (Å²) < 4.78 is 0. The van der Waals surface area contributed by atoms with Crippen LogP contribution in [0.15, 0.2) is 48.7 Å². The van der Waals surface area contributed by atoms with Gasteiger partial charge in [-0.3, -0.25) is 21.0 Å². The van der Waals surface area contributed by atoms with Crippen LogP contribution in [0, 0.1) is 17.0 Å².